The van der Waals surface area contributed by atoms with Gasteiger partial charge in [-0.1, -0.05) is 19.8 Å². The van der Waals surface area contributed by atoms with Gasteiger partial charge in [-0.25, -0.2) is 0 Å². The first kappa shape index (κ1) is 9.99. The van der Waals surface area contributed by atoms with Crippen molar-refractivity contribution in [3.8, 4) is 0 Å². The van der Waals surface area contributed by atoms with Crippen LogP contribution in [0.3, 0.4) is 0 Å². The molecule has 0 saturated heterocycles. The summed E-state index contributed by atoms with van der Waals surface area (Å²) in [4.78, 5) is 0. The molecule has 2 atom stereocenters. The summed E-state index contributed by atoms with van der Waals surface area (Å²) in [5.41, 5.74) is 0. The van der Waals surface area contributed by atoms with Crippen molar-refractivity contribution >= 4 is 10.1 Å². The van der Waals surface area contributed by atoms with Gasteiger partial charge < -0.3 is 0 Å². The maximum Gasteiger partial charge on any atom is 0.264 e. The van der Waals surface area contributed by atoms with Gasteiger partial charge in [0.25, 0.3) is 10.1 Å². The van der Waals surface area contributed by atoms with Gasteiger partial charge in [0, 0.05) is 0 Å². The molecule has 0 aromatic carbocycles. The van der Waals surface area contributed by atoms with E-state index in [2.05, 4.69) is 6.92 Å². The molecule has 1 aliphatic rings. The van der Waals surface area contributed by atoms with Crippen molar-refractivity contribution in [2.24, 2.45) is 5.92 Å². The van der Waals surface area contributed by atoms with E-state index in [9.17, 15) is 8.42 Å². The second-order valence-corrected chi connectivity index (χ2v) is 5.20. The molecule has 4 heteroatoms. The lowest BCUT2D eigenvalue weighted by Crippen LogP contribution is -2.27. The maximum absolute atomic E-state index is 10.8. The first-order valence-electron chi connectivity index (χ1n) is 4.37. The highest BCUT2D eigenvalue weighted by Crippen LogP contribution is 2.27. The van der Waals surface area contributed by atoms with E-state index in [4.69, 9.17) is 4.18 Å². The molecule has 0 heterocycles. The summed E-state index contributed by atoms with van der Waals surface area (Å²) in [6, 6.07) is 0. The van der Waals surface area contributed by atoms with Crippen molar-refractivity contribution in [2.75, 3.05) is 6.26 Å². The van der Waals surface area contributed by atoms with Gasteiger partial charge in [0.15, 0.2) is 0 Å². The monoisotopic (exact) mass is 192 g/mol. The zero-order chi connectivity index (χ0) is 9.19. The number of rotatable bonds is 2. The van der Waals surface area contributed by atoms with Gasteiger partial charge in [0.2, 0.25) is 0 Å². The van der Waals surface area contributed by atoms with Crippen molar-refractivity contribution in [3.63, 3.8) is 0 Å². The first-order chi connectivity index (χ1) is 5.49. The Bertz CT molecular complexity index is 233. The van der Waals surface area contributed by atoms with Crippen LogP contribution >= 0.6 is 0 Å². The molecule has 0 N–H and O–H groups in total. The molecule has 0 aromatic heterocycles. The van der Waals surface area contributed by atoms with E-state index in [-0.39, 0.29) is 6.10 Å². The van der Waals surface area contributed by atoms with Gasteiger partial charge in [-0.3, -0.25) is 4.18 Å². The topological polar surface area (TPSA) is 43.4 Å². The highest BCUT2D eigenvalue weighted by Gasteiger charge is 2.24. The molecule has 0 amide bonds. The summed E-state index contributed by atoms with van der Waals surface area (Å²) >= 11 is 0. The zero-order valence-corrected chi connectivity index (χ0v) is 8.43. The standard InChI is InChI=1S/C8H16O3S/c1-7-5-3-4-6-8(7)11-12(2,9)10/h7-8H,3-6H2,1-2H3/t7-,8-/m0/s1. The van der Waals surface area contributed by atoms with Crippen molar-refractivity contribution in [2.45, 2.75) is 38.7 Å². The Kier molecular flexibility index (Phi) is 3.12. The molecule has 0 spiro atoms. The van der Waals surface area contributed by atoms with Gasteiger partial charge in [0.05, 0.1) is 12.4 Å². The molecular formula is C8H16O3S. The summed E-state index contributed by atoms with van der Waals surface area (Å²) in [6.07, 6.45) is 5.30. The maximum atomic E-state index is 10.8. The minimum atomic E-state index is -3.26. The average molecular weight is 192 g/mol. The predicted octanol–water partition coefficient (Wildman–Crippen LogP) is 1.54. The van der Waals surface area contributed by atoms with Gasteiger partial charge in [-0.05, 0) is 18.8 Å². The molecule has 0 aromatic rings. The van der Waals surface area contributed by atoms with E-state index in [1.165, 1.54) is 6.42 Å². The molecule has 0 radical (unpaired) electrons. The van der Waals surface area contributed by atoms with Gasteiger partial charge >= 0.3 is 0 Å². The van der Waals surface area contributed by atoms with Crippen LogP contribution in [0.2, 0.25) is 0 Å². The third-order valence-corrected chi connectivity index (χ3v) is 2.93. The summed E-state index contributed by atoms with van der Waals surface area (Å²) in [5, 5.41) is 0. The fraction of sp³-hybridized carbons (Fsp3) is 1.00. The minimum absolute atomic E-state index is 0.0752. The number of hydrogen-bond donors (Lipinski definition) is 0. The normalized spacial score (nSPS) is 31.8. The Morgan fingerprint density at radius 2 is 1.83 bits per heavy atom. The molecule has 0 aliphatic heterocycles. The van der Waals surface area contributed by atoms with Crippen LogP contribution in [-0.4, -0.2) is 20.8 Å². The number of hydrogen-bond acceptors (Lipinski definition) is 3. The summed E-state index contributed by atoms with van der Waals surface area (Å²) < 4.78 is 26.6. The smallest absolute Gasteiger partial charge is 0.264 e. The highest BCUT2D eigenvalue weighted by atomic mass is 32.2. The Morgan fingerprint density at radius 1 is 1.25 bits per heavy atom. The Balaban J connectivity index is 2.50. The predicted molar refractivity (Wildman–Crippen MR) is 47.3 cm³/mol. The lowest BCUT2D eigenvalue weighted by Gasteiger charge is -2.27. The lowest BCUT2D eigenvalue weighted by molar-refractivity contribution is 0.110. The van der Waals surface area contributed by atoms with Crippen LogP contribution in [0.4, 0.5) is 0 Å². The van der Waals surface area contributed by atoms with Crippen LogP contribution in [0, 0.1) is 5.92 Å². The molecule has 12 heavy (non-hydrogen) atoms. The van der Waals surface area contributed by atoms with Crippen molar-refractivity contribution in [1.82, 2.24) is 0 Å². The fourth-order valence-electron chi connectivity index (χ4n) is 1.65. The molecule has 1 rings (SSSR count). The van der Waals surface area contributed by atoms with Crippen LogP contribution in [0.1, 0.15) is 32.6 Å². The van der Waals surface area contributed by atoms with Crippen LogP contribution < -0.4 is 0 Å². The second kappa shape index (κ2) is 3.75. The quantitative estimate of drug-likeness (QED) is 0.623. The van der Waals surface area contributed by atoms with Crippen molar-refractivity contribution in [3.05, 3.63) is 0 Å². The Hall–Kier alpha value is -0.0900. The fourth-order valence-corrected chi connectivity index (χ4v) is 2.38. The van der Waals surface area contributed by atoms with Crippen molar-refractivity contribution < 1.29 is 12.6 Å². The molecule has 3 nitrogen and oxygen atoms in total. The zero-order valence-electron chi connectivity index (χ0n) is 7.62. The molecule has 72 valence electrons. The van der Waals surface area contributed by atoms with Crippen LogP contribution in [-0.2, 0) is 14.3 Å². The van der Waals surface area contributed by atoms with Gasteiger partial charge in [0.1, 0.15) is 0 Å². The molecule has 0 bridgehead atoms. The van der Waals surface area contributed by atoms with E-state index >= 15 is 0 Å². The molecular weight excluding hydrogens is 176 g/mol. The average Bonchev–Trinajstić information content (AvgIpc) is 1.91. The summed E-state index contributed by atoms with van der Waals surface area (Å²) in [6.45, 7) is 2.05. The first-order valence-corrected chi connectivity index (χ1v) is 6.19. The molecule has 1 fully saturated rings. The van der Waals surface area contributed by atoms with E-state index in [0.29, 0.717) is 5.92 Å². The molecule has 1 saturated carbocycles. The Labute approximate surface area is 74.2 Å². The van der Waals surface area contributed by atoms with E-state index < -0.39 is 10.1 Å². The van der Waals surface area contributed by atoms with Gasteiger partial charge in [-0.15, -0.1) is 0 Å². The second-order valence-electron chi connectivity index (χ2n) is 3.60. The van der Waals surface area contributed by atoms with E-state index in [0.717, 1.165) is 25.5 Å². The highest BCUT2D eigenvalue weighted by molar-refractivity contribution is 7.86. The SMILES string of the molecule is C[C@H]1CCCC[C@@H]1OS(C)(=O)=O. The Morgan fingerprint density at radius 3 is 2.33 bits per heavy atom. The molecule has 1 aliphatic carbocycles. The third-order valence-electron chi connectivity index (χ3n) is 2.33. The minimum Gasteiger partial charge on any atom is -0.267 e. The molecule has 0 unspecified atom stereocenters. The van der Waals surface area contributed by atoms with Crippen LogP contribution in [0.25, 0.3) is 0 Å². The van der Waals surface area contributed by atoms with Crippen LogP contribution in [0.5, 0.6) is 0 Å². The third kappa shape index (κ3) is 3.11. The summed E-state index contributed by atoms with van der Waals surface area (Å²) in [7, 11) is -3.26. The van der Waals surface area contributed by atoms with Gasteiger partial charge in [-0.2, -0.15) is 8.42 Å². The summed E-state index contributed by atoms with van der Waals surface area (Å²) in [5.74, 6) is 0.383. The lowest BCUT2D eigenvalue weighted by atomic mass is 9.88. The van der Waals surface area contributed by atoms with E-state index in [1.807, 2.05) is 0 Å². The van der Waals surface area contributed by atoms with Crippen molar-refractivity contribution in [1.29, 1.82) is 0 Å². The van der Waals surface area contributed by atoms with E-state index in [1.54, 1.807) is 0 Å². The largest absolute Gasteiger partial charge is 0.267 e. The van der Waals surface area contributed by atoms with Crippen LogP contribution in [0.15, 0.2) is 0 Å².